The van der Waals surface area contributed by atoms with E-state index in [1.165, 1.54) is 5.56 Å². The lowest BCUT2D eigenvalue weighted by Crippen LogP contribution is -1.94. The number of aryl methyl sites for hydroxylation is 1. The summed E-state index contributed by atoms with van der Waals surface area (Å²) in [6, 6.07) is 7.95. The maximum Gasteiger partial charge on any atom is 0.132 e. The van der Waals surface area contributed by atoms with Crippen molar-refractivity contribution in [3.05, 3.63) is 50.4 Å². The maximum atomic E-state index is 6.30. The van der Waals surface area contributed by atoms with Crippen molar-refractivity contribution in [3.63, 3.8) is 0 Å². The second-order valence-corrected chi connectivity index (χ2v) is 5.62. The molecule has 5 heteroatoms. The fourth-order valence-corrected chi connectivity index (χ4v) is 2.80. The monoisotopic (exact) mass is 291 g/mol. The van der Waals surface area contributed by atoms with Crippen LogP contribution >= 0.6 is 46.3 Å². The molecule has 1 heterocycles. The van der Waals surface area contributed by atoms with Gasteiger partial charge in [-0.2, -0.15) is 4.37 Å². The van der Waals surface area contributed by atoms with E-state index in [1.54, 1.807) is 0 Å². The minimum Gasteiger partial charge on any atom is -0.193 e. The minimum absolute atomic E-state index is 0.350. The Kier molecular flexibility index (Phi) is 3.75. The number of rotatable bonds is 2. The predicted octanol–water partition coefficient (Wildman–Crippen LogP) is 5.09. The van der Waals surface area contributed by atoms with E-state index in [-0.39, 0.29) is 5.38 Å². The first kappa shape index (κ1) is 12.2. The summed E-state index contributed by atoms with van der Waals surface area (Å²) in [5, 5.41) is 0.101. The predicted molar refractivity (Wildman–Crippen MR) is 71.0 cm³/mol. The summed E-state index contributed by atoms with van der Waals surface area (Å²) in [5.74, 6) is 0. The Morgan fingerprint density at radius 2 is 1.81 bits per heavy atom. The molecule has 0 aliphatic rings. The van der Waals surface area contributed by atoms with Gasteiger partial charge < -0.3 is 0 Å². The van der Waals surface area contributed by atoms with Crippen molar-refractivity contribution in [2.24, 2.45) is 0 Å². The van der Waals surface area contributed by atoms with E-state index < -0.39 is 0 Å². The molecular formula is C11H8Cl3NS. The lowest BCUT2D eigenvalue weighted by Gasteiger charge is -2.07. The van der Waals surface area contributed by atoms with Crippen LogP contribution in [0.2, 0.25) is 9.36 Å². The Bertz CT molecular complexity index is 492. The number of hydrogen-bond acceptors (Lipinski definition) is 2. The van der Waals surface area contributed by atoms with Crippen LogP contribution < -0.4 is 0 Å². The van der Waals surface area contributed by atoms with Crippen molar-refractivity contribution < 1.29 is 0 Å². The van der Waals surface area contributed by atoms with Crippen molar-refractivity contribution in [1.29, 1.82) is 0 Å². The van der Waals surface area contributed by atoms with Gasteiger partial charge >= 0.3 is 0 Å². The van der Waals surface area contributed by atoms with Gasteiger partial charge in [-0.05, 0) is 24.0 Å². The second-order valence-electron chi connectivity index (χ2n) is 3.43. The third-order valence-corrected chi connectivity index (χ3v) is 4.33. The molecule has 1 nitrogen and oxygen atoms in total. The Morgan fingerprint density at radius 1 is 1.19 bits per heavy atom. The molecule has 2 rings (SSSR count). The lowest BCUT2D eigenvalue weighted by atomic mass is 10.1. The molecular weight excluding hydrogens is 285 g/mol. The molecule has 0 N–H and O–H groups in total. The molecule has 0 bridgehead atoms. The highest BCUT2D eigenvalue weighted by Crippen LogP contribution is 2.38. The molecule has 0 saturated heterocycles. The number of alkyl halides is 1. The van der Waals surface area contributed by atoms with Crippen LogP contribution in [0.1, 0.15) is 22.2 Å². The molecule has 84 valence electrons. The molecule has 1 unspecified atom stereocenters. The largest absolute Gasteiger partial charge is 0.193 e. The Balaban J connectivity index is 2.35. The van der Waals surface area contributed by atoms with Crippen LogP contribution in [-0.2, 0) is 0 Å². The topological polar surface area (TPSA) is 12.9 Å². The summed E-state index contributed by atoms with van der Waals surface area (Å²) >= 11 is 19.3. The van der Waals surface area contributed by atoms with Crippen molar-refractivity contribution in [3.8, 4) is 0 Å². The minimum atomic E-state index is -0.350. The highest BCUT2D eigenvalue weighted by molar-refractivity contribution is 7.11. The molecule has 0 amide bonds. The molecule has 2 aromatic rings. The standard InChI is InChI=1S/C11H8Cl3NS/c1-6-2-4-7(5-3-6)8(12)10-9(13)11(14)16-15-10/h2-5,8H,1H3. The molecule has 0 aliphatic heterocycles. The number of benzene rings is 1. The number of hydrogen-bond donors (Lipinski definition) is 0. The zero-order valence-corrected chi connectivity index (χ0v) is 11.5. The van der Waals surface area contributed by atoms with Crippen LogP contribution in [0.25, 0.3) is 0 Å². The van der Waals surface area contributed by atoms with Crippen molar-refractivity contribution in [2.75, 3.05) is 0 Å². The van der Waals surface area contributed by atoms with Crippen LogP contribution in [0.3, 0.4) is 0 Å². The van der Waals surface area contributed by atoms with E-state index in [0.717, 1.165) is 17.1 Å². The molecule has 0 aliphatic carbocycles. The van der Waals surface area contributed by atoms with Gasteiger partial charge in [0.15, 0.2) is 0 Å². The zero-order chi connectivity index (χ0) is 11.7. The van der Waals surface area contributed by atoms with Crippen LogP contribution in [0.4, 0.5) is 0 Å². The summed E-state index contributed by atoms with van der Waals surface area (Å²) in [6.45, 7) is 2.03. The average molecular weight is 293 g/mol. The molecule has 0 fully saturated rings. The number of halogens is 3. The van der Waals surface area contributed by atoms with E-state index >= 15 is 0 Å². The summed E-state index contributed by atoms with van der Waals surface area (Å²) in [4.78, 5) is 0. The fourth-order valence-electron chi connectivity index (χ4n) is 1.32. The molecule has 1 aromatic heterocycles. The normalized spacial score (nSPS) is 12.8. The first-order valence-corrected chi connectivity index (χ1v) is 6.57. The molecule has 1 aromatic carbocycles. The van der Waals surface area contributed by atoms with Gasteiger partial charge in [0.2, 0.25) is 0 Å². The van der Waals surface area contributed by atoms with Crippen molar-refractivity contribution in [2.45, 2.75) is 12.3 Å². The first-order valence-electron chi connectivity index (χ1n) is 4.61. The molecule has 0 saturated carbocycles. The zero-order valence-electron chi connectivity index (χ0n) is 8.38. The van der Waals surface area contributed by atoms with E-state index in [0.29, 0.717) is 15.1 Å². The second kappa shape index (κ2) is 4.92. The van der Waals surface area contributed by atoms with Gasteiger partial charge in [0, 0.05) is 0 Å². The Morgan fingerprint density at radius 3 is 2.31 bits per heavy atom. The summed E-state index contributed by atoms with van der Waals surface area (Å²) in [6.07, 6.45) is 0. The van der Waals surface area contributed by atoms with Crippen LogP contribution in [0, 0.1) is 6.92 Å². The third kappa shape index (κ3) is 2.35. The van der Waals surface area contributed by atoms with E-state index in [4.69, 9.17) is 34.8 Å². The molecule has 1 atom stereocenters. The number of nitrogens with zero attached hydrogens (tertiary/aromatic N) is 1. The highest BCUT2D eigenvalue weighted by atomic mass is 35.5. The average Bonchev–Trinajstić information content (AvgIpc) is 2.60. The Hall–Kier alpha value is -0.280. The van der Waals surface area contributed by atoms with Gasteiger partial charge in [-0.25, -0.2) is 0 Å². The first-order chi connectivity index (χ1) is 7.59. The van der Waals surface area contributed by atoms with Gasteiger partial charge in [0.1, 0.15) is 9.71 Å². The van der Waals surface area contributed by atoms with Crippen LogP contribution in [0.5, 0.6) is 0 Å². The van der Waals surface area contributed by atoms with E-state index in [9.17, 15) is 0 Å². The van der Waals surface area contributed by atoms with E-state index in [1.807, 2.05) is 31.2 Å². The lowest BCUT2D eigenvalue weighted by molar-refractivity contribution is 1.09. The van der Waals surface area contributed by atoms with Gasteiger partial charge in [0.05, 0.1) is 10.7 Å². The van der Waals surface area contributed by atoms with Crippen LogP contribution in [0.15, 0.2) is 24.3 Å². The van der Waals surface area contributed by atoms with Gasteiger partial charge in [-0.3, -0.25) is 0 Å². The smallest absolute Gasteiger partial charge is 0.132 e. The number of aromatic nitrogens is 1. The van der Waals surface area contributed by atoms with Crippen LogP contribution in [-0.4, -0.2) is 4.37 Å². The molecule has 16 heavy (non-hydrogen) atoms. The highest BCUT2D eigenvalue weighted by Gasteiger charge is 2.19. The maximum absolute atomic E-state index is 6.30. The summed E-state index contributed by atoms with van der Waals surface area (Å²) in [7, 11) is 0. The van der Waals surface area contributed by atoms with E-state index in [2.05, 4.69) is 4.37 Å². The van der Waals surface area contributed by atoms with Crippen molar-refractivity contribution >= 4 is 46.3 Å². The quantitative estimate of drug-likeness (QED) is 0.703. The summed E-state index contributed by atoms with van der Waals surface area (Å²) < 4.78 is 4.64. The fraction of sp³-hybridized carbons (Fsp3) is 0.182. The van der Waals surface area contributed by atoms with Gasteiger partial charge in [0.25, 0.3) is 0 Å². The summed E-state index contributed by atoms with van der Waals surface area (Å²) in [5.41, 5.74) is 2.79. The molecule has 0 radical (unpaired) electrons. The SMILES string of the molecule is Cc1ccc(C(Cl)c2nsc(Cl)c2Cl)cc1. The van der Waals surface area contributed by atoms with Gasteiger partial charge in [-0.1, -0.05) is 53.0 Å². The Labute approximate surface area is 113 Å². The van der Waals surface area contributed by atoms with Gasteiger partial charge in [-0.15, -0.1) is 11.6 Å². The molecule has 0 spiro atoms. The third-order valence-electron chi connectivity index (χ3n) is 2.23. The van der Waals surface area contributed by atoms with Crippen molar-refractivity contribution in [1.82, 2.24) is 4.37 Å².